The third kappa shape index (κ3) is 3.56. The van der Waals surface area contributed by atoms with E-state index in [0.717, 1.165) is 34.4 Å². The zero-order chi connectivity index (χ0) is 22.2. The van der Waals surface area contributed by atoms with E-state index in [1.807, 2.05) is 60.5 Å². The molecule has 2 aliphatic heterocycles. The number of rotatable bonds is 4. The van der Waals surface area contributed by atoms with Gasteiger partial charge in [0, 0.05) is 25.2 Å². The topological polar surface area (TPSA) is 43.8 Å². The van der Waals surface area contributed by atoms with E-state index in [9.17, 15) is 14.3 Å². The van der Waals surface area contributed by atoms with Crippen LogP contribution in [0.4, 0.5) is 10.1 Å². The maximum Gasteiger partial charge on any atom is 0.227 e. The number of halogens is 1. The minimum absolute atomic E-state index is 0.0398. The van der Waals surface area contributed by atoms with E-state index >= 15 is 0 Å². The van der Waals surface area contributed by atoms with Gasteiger partial charge in [-0.05, 0) is 52.9 Å². The first-order chi connectivity index (χ1) is 15.6. The molecule has 0 aliphatic carbocycles. The fraction of sp³-hybridized carbons (Fsp3) is 0.296. The molecule has 4 nitrogen and oxygen atoms in total. The monoisotopic (exact) mass is 430 g/mol. The Kier molecular flexibility index (Phi) is 5.43. The first-order valence-electron chi connectivity index (χ1n) is 11.1. The van der Waals surface area contributed by atoms with E-state index in [1.54, 1.807) is 6.07 Å². The quantitative estimate of drug-likeness (QED) is 0.666. The van der Waals surface area contributed by atoms with Crippen molar-refractivity contribution in [3.8, 4) is 11.1 Å². The summed E-state index contributed by atoms with van der Waals surface area (Å²) in [6.07, 6.45) is 1.22. The maximum absolute atomic E-state index is 13.9. The van der Waals surface area contributed by atoms with Gasteiger partial charge in [-0.3, -0.25) is 4.79 Å². The van der Waals surface area contributed by atoms with Crippen LogP contribution in [0.2, 0.25) is 0 Å². The van der Waals surface area contributed by atoms with Crippen LogP contribution < -0.4 is 4.90 Å². The Labute approximate surface area is 187 Å². The van der Waals surface area contributed by atoms with Crippen LogP contribution in [0.5, 0.6) is 0 Å². The molecule has 2 aliphatic rings. The molecule has 0 spiro atoms. The molecule has 0 saturated carbocycles. The average molecular weight is 431 g/mol. The van der Waals surface area contributed by atoms with Crippen LogP contribution >= 0.6 is 0 Å². The summed E-state index contributed by atoms with van der Waals surface area (Å²) in [5.41, 5.74) is 4.84. The number of benzene rings is 3. The number of aliphatic hydroxyl groups is 1. The van der Waals surface area contributed by atoms with Crippen molar-refractivity contribution in [3.63, 3.8) is 0 Å². The summed E-state index contributed by atoms with van der Waals surface area (Å²) in [6, 6.07) is 22.4. The highest BCUT2D eigenvalue weighted by molar-refractivity contribution is 5.81. The number of aliphatic hydroxyl groups excluding tert-OH is 1. The largest absolute Gasteiger partial charge is 0.394 e. The minimum atomic E-state index is -0.268. The lowest BCUT2D eigenvalue weighted by atomic mass is 9.81. The molecule has 5 heteroatoms. The highest BCUT2D eigenvalue weighted by Crippen LogP contribution is 2.49. The summed E-state index contributed by atoms with van der Waals surface area (Å²) in [5.74, 6) is -0.0110. The zero-order valence-corrected chi connectivity index (χ0v) is 18.1. The third-order valence-electron chi connectivity index (χ3n) is 7.03. The van der Waals surface area contributed by atoms with Crippen LogP contribution in [-0.2, 0) is 11.2 Å². The Morgan fingerprint density at radius 3 is 2.56 bits per heavy atom. The number of carbonyl (C=O) groups excluding carboxylic acids is 1. The summed E-state index contributed by atoms with van der Waals surface area (Å²) < 4.78 is 13.9. The molecule has 5 rings (SSSR count). The molecule has 1 saturated heterocycles. The molecule has 1 fully saturated rings. The van der Waals surface area contributed by atoms with Crippen LogP contribution in [0.1, 0.15) is 23.6 Å². The van der Waals surface area contributed by atoms with Crippen LogP contribution in [-0.4, -0.2) is 42.2 Å². The number of nitrogens with zero attached hydrogens (tertiary/aromatic N) is 2. The van der Waals surface area contributed by atoms with Gasteiger partial charge in [-0.1, -0.05) is 48.5 Å². The number of hydrogen-bond acceptors (Lipinski definition) is 3. The molecule has 0 unspecified atom stereocenters. The van der Waals surface area contributed by atoms with Gasteiger partial charge in [0.1, 0.15) is 5.82 Å². The average Bonchev–Trinajstić information content (AvgIpc) is 3.25. The second kappa shape index (κ2) is 8.40. The standard InChI is InChI=1S/C27H27FN2O2/c1-29-24-11-10-20(19-8-5-9-21(28)15-19)16-23(24)27-22(25(29)17-31)12-13-30(27)26(32)14-18-6-3-2-4-7-18/h2-11,15-16,22,25,27,31H,12-14,17H2,1H3/t22-,25+,27-/m0/s1. The van der Waals surface area contributed by atoms with Crippen LogP contribution in [0.15, 0.2) is 72.8 Å². The molecule has 164 valence electrons. The lowest BCUT2D eigenvalue weighted by molar-refractivity contribution is -0.132. The normalized spacial score (nSPS) is 21.9. The molecule has 1 N–H and O–H groups in total. The van der Waals surface area contributed by atoms with Gasteiger partial charge in [0.05, 0.1) is 25.1 Å². The molecule has 3 aromatic carbocycles. The second-order valence-corrected chi connectivity index (χ2v) is 8.79. The Morgan fingerprint density at radius 2 is 1.81 bits per heavy atom. The van der Waals surface area contributed by atoms with Gasteiger partial charge in [0.25, 0.3) is 0 Å². The second-order valence-electron chi connectivity index (χ2n) is 8.79. The van der Waals surface area contributed by atoms with Crippen molar-refractivity contribution in [3.05, 3.63) is 89.7 Å². The first-order valence-corrected chi connectivity index (χ1v) is 11.1. The molecule has 2 heterocycles. The van der Waals surface area contributed by atoms with E-state index in [2.05, 4.69) is 11.0 Å². The smallest absolute Gasteiger partial charge is 0.227 e. The summed E-state index contributed by atoms with van der Waals surface area (Å²) >= 11 is 0. The van der Waals surface area contributed by atoms with E-state index in [4.69, 9.17) is 0 Å². The van der Waals surface area contributed by atoms with Crippen molar-refractivity contribution in [2.75, 3.05) is 25.1 Å². The summed E-state index contributed by atoms with van der Waals surface area (Å²) in [6.45, 7) is 0.721. The number of fused-ring (bicyclic) bond motifs is 3. The lowest BCUT2D eigenvalue weighted by Gasteiger charge is -2.44. The number of amides is 1. The Hall–Kier alpha value is -3.18. The van der Waals surface area contributed by atoms with Gasteiger partial charge in [-0.2, -0.15) is 0 Å². The highest BCUT2D eigenvalue weighted by atomic mass is 19.1. The number of anilines is 1. The van der Waals surface area contributed by atoms with Crippen molar-refractivity contribution in [2.24, 2.45) is 5.92 Å². The van der Waals surface area contributed by atoms with Gasteiger partial charge < -0.3 is 14.9 Å². The molecular weight excluding hydrogens is 403 g/mol. The molecular formula is C27H27FN2O2. The summed E-state index contributed by atoms with van der Waals surface area (Å²) in [4.78, 5) is 17.5. The van der Waals surface area contributed by atoms with E-state index in [0.29, 0.717) is 13.0 Å². The van der Waals surface area contributed by atoms with E-state index in [-0.39, 0.29) is 36.3 Å². The lowest BCUT2D eigenvalue weighted by Crippen LogP contribution is -2.48. The predicted molar refractivity (Wildman–Crippen MR) is 124 cm³/mol. The molecule has 32 heavy (non-hydrogen) atoms. The minimum Gasteiger partial charge on any atom is -0.394 e. The Morgan fingerprint density at radius 1 is 1.03 bits per heavy atom. The van der Waals surface area contributed by atoms with Gasteiger partial charge in [-0.15, -0.1) is 0 Å². The van der Waals surface area contributed by atoms with Gasteiger partial charge >= 0.3 is 0 Å². The van der Waals surface area contributed by atoms with Crippen molar-refractivity contribution < 1.29 is 14.3 Å². The van der Waals surface area contributed by atoms with Gasteiger partial charge in [0.15, 0.2) is 0 Å². The zero-order valence-electron chi connectivity index (χ0n) is 18.1. The first kappa shape index (κ1) is 20.7. The molecule has 0 radical (unpaired) electrons. The Bertz CT molecular complexity index is 1130. The summed E-state index contributed by atoms with van der Waals surface area (Å²) in [5, 5.41) is 10.2. The number of carbonyl (C=O) groups is 1. The molecule has 1 amide bonds. The highest BCUT2D eigenvalue weighted by Gasteiger charge is 2.47. The number of likely N-dealkylation sites (N-methyl/N-ethyl adjacent to an activating group) is 1. The van der Waals surface area contributed by atoms with Gasteiger partial charge in [0.2, 0.25) is 5.91 Å². The fourth-order valence-corrected chi connectivity index (χ4v) is 5.45. The molecule has 0 aromatic heterocycles. The maximum atomic E-state index is 13.9. The van der Waals surface area contributed by atoms with Crippen LogP contribution in [0.3, 0.4) is 0 Å². The van der Waals surface area contributed by atoms with Crippen molar-refractivity contribution in [1.82, 2.24) is 4.90 Å². The van der Waals surface area contributed by atoms with Crippen molar-refractivity contribution in [2.45, 2.75) is 24.9 Å². The van der Waals surface area contributed by atoms with Crippen LogP contribution in [0, 0.1) is 11.7 Å². The number of likely N-dealkylation sites (tertiary alicyclic amines) is 1. The Balaban J connectivity index is 1.55. The van der Waals surface area contributed by atoms with E-state index in [1.165, 1.54) is 12.1 Å². The van der Waals surface area contributed by atoms with E-state index < -0.39 is 0 Å². The fourth-order valence-electron chi connectivity index (χ4n) is 5.45. The molecule has 0 bridgehead atoms. The number of hydrogen-bond donors (Lipinski definition) is 1. The SMILES string of the molecule is CN1c2ccc(-c3cccc(F)c3)cc2[C@@H]2[C@@H](CCN2C(=O)Cc2ccccc2)[C@H]1CO. The predicted octanol–water partition coefficient (Wildman–Crippen LogP) is 4.44. The molecule has 3 aromatic rings. The summed E-state index contributed by atoms with van der Waals surface area (Å²) in [7, 11) is 2.01. The third-order valence-corrected chi connectivity index (χ3v) is 7.03. The van der Waals surface area contributed by atoms with Crippen LogP contribution in [0.25, 0.3) is 11.1 Å². The van der Waals surface area contributed by atoms with Crippen molar-refractivity contribution in [1.29, 1.82) is 0 Å². The van der Waals surface area contributed by atoms with Gasteiger partial charge in [-0.25, -0.2) is 4.39 Å². The molecule has 3 atom stereocenters. The van der Waals surface area contributed by atoms with Crippen molar-refractivity contribution >= 4 is 11.6 Å².